The van der Waals surface area contributed by atoms with Crippen molar-refractivity contribution in [2.45, 2.75) is 0 Å². The van der Waals surface area contributed by atoms with Crippen LogP contribution in [0.1, 0.15) is 10.5 Å². The fourth-order valence-electron chi connectivity index (χ4n) is 2.41. The van der Waals surface area contributed by atoms with Crippen LogP contribution < -0.4 is 5.32 Å². The van der Waals surface area contributed by atoms with Gasteiger partial charge in [-0.2, -0.15) is 5.10 Å². The Kier molecular flexibility index (Phi) is 4.65. The van der Waals surface area contributed by atoms with Gasteiger partial charge in [-0.15, -0.1) is 0 Å². The number of furan rings is 1. The number of hydrogen-bond acceptors (Lipinski definition) is 4. The van der Waals surface area contributed by atoms with Gasteiger partial charge in [-0.05, 0) is 24.3 Å². The van der Waals surface area contributed by atoms with Gasteiger partial charge in [-0.1, -0.05) is 18.2 Å². The fraction of sp³-hybridized carbons (Fsp3) is 0.167. The van der Waals surface area contributed by atoms with Crippen LogP contribution in [0.2, 0.25) is 0 Å². The maximum atomic E-state index is 12.8. The lowest BCUT2D eigenvalue weighted by atomic mass is 10.2. The Morgan fingerprint density at radius 2 is 1.96 bits per heavy atom. The number of carbonyl (C=O) groups excluding carboxylic acids is 2. The summed E-state index contributed by atoms with van der Waals surface area (Å²) in [5, 5.41) is 7.01. The second kappa shape index (κ2) is 7.04. The zero-order valence-electron chi connectivity index (χ0n) is 14.0. The van der Waals surface area contributed by atoms with E-state index in [0.717, 1.165) is 5.69 Å². The molecule has 1 aromatic carbocycles. The van der Waals surface area contributed by atoms with Crippen molar-refractivity contribution < 1.29 is 14.0 Å². The van der Waals surface area contributed by atoms with E-state index in [4.69, 9.17) is 4.42 Å². The number of benzene rings is 1. The van der Waals surface area contributed by atoms with Gasteiger partial charge in [0.2, 0.25) is 5.91 Å². The van der Waals surface area contributed by atoms with Gasteiger partial charge in [-0.25, -0.2) is 4.68 Å². The molecule has 1 N–H and O–H groups in total. The van der Waals surface area contributed by atoms with E-state index in [1.54, 1.807) is 36.2 Å². The fourth-order valence-corrected chi connectivity index (χ4v) is 2.41. The molecule has 2 heterocycles. The first-order valence-electron chi connectivity index (χ1n) is 7.75. The summed E-state index contributed by atoms with van der Waals surface area (Å²) in [6, 6.07) is 14.5. The third-order valence-electron chi connectivity index (χ3n) is 3.71. The van der Waals surface area contributed by atoms with E-state index in [9.17, 15) is 9.59 Å². The van der Waals surface area contributed by atoms with Crippen molar-refractivity contribution in [1.29, 1.82) is 0 Å². The standard InChI is InChI=1S/C18H18N4O3/c1-19-17(23)12-21(2)18(24)15-11-14(16-9-6-10-25-16)20-22(15)13-7-4-3-5-8-13/h3-11H,12H2,1-2H3,(H,19,23). The molecule has 0 atom stereocenters. The quantitative estimate of drug-likeness (QED) is 0.771. The van der Waals surface area contributed by atoms with Crippen molar-refractivity contribution in [1.82, 2.24) is 20.0 Å². The van der Waals surface area contributed by atoms with Gasteiger partial charge in [0.1, 0.15) is 11.4 Å². The number of nitrogens with zero attached hydrogens (tertiary/aromatic N) is 3. The molecule has 25 heavy (non-hydrogen) atoms. The Morgan fingerprint density at radius 1 is 1.20 bits per heavy atom. The van der Waals surface area contributed by atoms with Crippen LogP contribution in [0.5, 0.6) is 0 Å². The highest BCUT2D eigenvalue weighted by atomic mass is 16.3. The Balaban J connectivity index is 2.02. The first-order valence-corrected chi connectivity index (χ1v) is 7.75. The topological polar surface area (TPSA) is 80.4 Å². The van der Waals surface area contributed by atoms with E-state index in [1.165, 1.54) is 11.9 Å². The predicted molar refractivity (Wildman–Crippen MR) is 92.3 cm³/mol. The van der Waals surface area contributed by atoms with Gasteiger partial charge in [0, 0.05) is 20.2 Å². The summed E-state index contributed by atoms with van der Waals surface area (Å²) < 4.78 is 6.94. The van der Waals surface area contributed by atoms with Gasteiger partial charge in [-0.3, -0.25) is 9.59 Å². The Bertz CT molecular complexity index is 869. The Labute approximate surface area is 144 Å². The lowest BCUT2D eigenvalue weighted by Crippen LogP contribution is -2.37. The van der Waals surface area contributed by atoms with Crippen LogP contribution in [0.15, 0.2) is 59.2 Å². The van der Waals surface area contributed by atoms with Crippen LogP contribution in [0, 0.1) is 0 Å². The highest BCUT2D eigenvalue weighted by molar-refractivity contribution is 5.96. The van der Waals surface area contributed by atoms with E-state index in [0.29, 0.717) is 17.1 Å². The minimum Gasteiger partial charge on any atom is -0.463 e. The van der Waals surface area contributed by atoms with Crippen molar-refractivity contribution in [3.8, 4) is 17.1 Å². The third-order valence-corrected chi connectivity index (χ3v) is 3.71. The van der Waals surface area contributed by atoms with Crippen molar-refractivity contribution in [2.75, 3.05) is 20.6 Å². The van der Waals surface area contributed by atoms with Crippen LogP contribution in [0.3, 0.4) is 0 Å². The molecule has 0 spiro atoms. The minimum absolute atomic E-state index is 0.0363. The summed E-state index contributed by atoms with van der Waals surface area (Å²) in [6.07, 6.45) is 1.55. The first-order chi connectivity index (χ1) is 12.1. The van der Waals surface area contributed by atoms with Crippen LogP contribution in [-0.4, -0.2) is 47.1 Å². The lowest BCUT2D eigenvalue weighted by molar-refractivity contribution is -0.121. The van der Waals surface area contributed by atoms with Gasteiger partial charge >= 0.3 is 0 Å². The number of aromatic nitrogens is 2. The third kappa shape index (κ3) is 3.45. The molecule has 3 aromatic rings. The van der Waals surface area contributed by atoms with Crippen molar-refractivity contribution in [3.63, 3.8) is 0 Å². The van der Waals surface area contributed by atoms with Crippen molar-refractivity contribution in [2.24, 2.45) is 0 Å². The number of rotatable bonds is 5. The normalized spacial score (nSPS) is 10.5. The number of likely N-dealkylation sites (N-methyl/N-ethyl adjacent to an activating group) is 2. The molecule has 7 nitrogen and oxygen atoms in total. The second-order valence-corrected chi connectivity index (χ2v) is 5.47. The average molecular weight is 338 g/mol. The molecule has 0 unspecified atom stereocenters. The molecule has 0 saturated heterocycles. The summed E-state index contributed by atoms with van der Waals surface area (Å²) in [5.41, 5.74) is 1.64. The van der Waals surface area contributed by atoms with E-state index >= 15 is 0 Å². The van der Waals surface area contributed by atoms with Gasteiger partial charge in [0.15, 0.2) is 5.76 Å². The van der Waals surface area contributed by atoms with Crippen LogP contribution in [0.25, 0.3) is 17.1 Å². The first kappa shape index (κ1) is 16.5. The molecule has 2 aromatic heterocycles. The van der Waals surface area contributed by atoms with Gasteiger partial charge < -0.3 is 14.6 Å². The number of para-hydroxylation sites is 1. The molecule has 2 amide bonds. The zero-order chi connectivity index (χ0) is 17.8. The molecule has 128 valence electrons. The molecule has 0 saturated carbocycles. The van der Waals surface area contributed by atoms with E-state index < -0.39 is 0 Å². The maximum Gasteiger partial charge on any atom is 0.272 e. The minimum atomic E-state index is -0.308. The summed E-state index contributed by atoms with van der Waals surface area (Å²) >= 11 is 0. The molecule has 3 rings (SSSR count). The second-order valence-electron chi connectivity index (χ2n) is 5.47. The van der Waals surface area contributed by atoms with Crippen molar-refractivity contribution >= 4 is 11.8 Å². The van der Waals surface area contributed by atoms with Crippen LogP contribution in [0.4, 0.5) is 0 Å². The van der Waals surface area contributed by atoms with Crippen molar-refractivity contribution in [3.05, 3.63) is 60.5 Å². The smallest absolute Gasteiger partial charge is 0.272 e. The highest BCUT2D eigenvalue weighted by Gasteiger charge is 2.22. The Morgan fingerprint density at radius 3 is 2.60 bits per heavy atom. The molecule has 7 heteroatoms. The zero-order valence-corrected chi connectivity index (χ0v) is 14.0. The molecular weight excluding hydrogens is 320 g/mol. The number of amides is 2. The predicted octanol–water partition coefficient (Wildman–Crippen LogP) is 1.95. The molecule has 0 aliphatic carbocycles. The molecule has 0 aliphatic rings. The van der Waals surface area contributed by atoms with Gasteiger partial charge in [0.05, 0.1) is 18.5 Å². The summed E-state index contributed by atoms with van der Waals surface area (Å²) in [4.78, 5) is 25.7. The number of carbonyl (C=O) groups is 2. The lowest BCUT2D eigenvalue weighted by Gasteiger charge is -2.16. The molecular formula is C18H18N4O3. The average Bonchev–Trinajstić information content (AvgIpc) is 3.31. The molecule has 0 radical (unpaired) electrons. The molecule has 0 bridgehead atoms. The monoisotopic (exact) mass is 338 g/mol. The number of nitrogens with one attached hydrogen (secondary N) is 1. The largest absolute Gasteiger partial charge is 0.463 e. The summed E-state index contributed by atoms with van der Waals surface area (Å²) in [6.45, 7) is -0.0363. The van der Waals surface area contributed by atoms with E-state index in [1.807, 2.05) is 30.3 Å². The maximum absolute atomic E-state index is 12.8. The molecule has 0 fully saturated rings. The SMILES string of the molecule is CNC(=O)CN(C)C(=O)c1cc(-c2ccco2)nn1-c1ccccc1. The molecule has 0 aliphatic heterocycles. The van der Waals surface area contributed by atoms with Crippen LogP contribution >= 0.6 is 0 Å². The van der Waals surface area contributed by atoms with Crippen LogP contribution in [-0.2, 0) is 4.79 Å². The highest BCUT2D eigenvalue weighted by Crippen LogP contribution is 2.22. The van der Waals surface area contributed by atoms with E-state index in [2.05, 4.69) is 10.4 Å². The number of hydrogen-bond donors (Lipinski definition) is 1. The Hall–Kier alpha value is -3.35. The summed E-state index contributed by atoms with van der Waals surface area (Å²) in [7, 11) is 3.11. The van der Waals surface area contributed by atoms with Gasteiger partial charge in [0.25, 0.3) is 5.91 Å². The van der Waals surface area contributed by atoms with E-state index in [-0.39, 0.29) is 18.4 Å². The summed E-state index contributed by atoms with van der Waals surface area (Å²) in [5.74, 6) is 0.0170.